The average molecular weight is 1000 g/mol. The van der Waals surface area contributed by atoms with Crippen LogP contribution < -0.4 is 16.2 Å². The van der Waals surface area contributed by atoms with Gasteiger partial charge in [-0.2, -0.15) is 0 Å². The van der Waals surface area contributed by atoms with E-state index in [1.807, 2.05) is 11.3 Å². The predicted molar refractivity (Wildman–Crippen MR) is 327 cm³/mol. The highest BCUT2D eigenvalue weighted by Gasteiger charge is 2.45. The normalized spacial score (nSPS) is 15.8. The molecule has 2 aliphatic carbocycles. The largest absolute Gasteiger partial charge is 0.455 e. The molecule has 9 aromatic carbocycles. The number of hydrogen-bond donors (Lipinski definition) is 1. The van der Waals surface area contributed by atoms with E-state index in [0.717, 1.165) is 64.9 Å². The third kappa shape index (κ3) is 6.48. The summed E-state index contributed by atoms with van der Waals surface area (Å²) in [5, 5.41) is 10.6. The number of aromatic nitrogens is 1. The molecule has 0 amide bonds. The molecule has 0 bridgehead atoms. The summed E-state index contributed by atoms with van der Waals surface area (Å²) in [6, 6.07) is 64.2. The van der Waals surface area contributed by atoms with Gasteiger partial charge in [0.2, 0.25) is 0 Å². The standard InChI is InChI=1S/C71H61BN2OS/c1-68(2,3)42-28-30-43(31-29-42)73-54-39-59-46(44-24-17-19-27-58(44)76-59)34-47(54)63-64-61(45-25-16-18-26-50(45)71(64,8)9)62-48-35-51-52(70(6,7)33-32-69(51,4)5)37-55(48)74-56-36-49-57(38-53(56)72-65(63)66(62)74)75-67(41-22-14-11-15-23-41)60(49)40-20-12-10-13-21-40/h10-31,34-39,72-73H,32-33H2,1-9H3. The van der Waals surface area contributed by atoms with Gasteiger partial charge in [0, 0.05) is 81.0 Å². The third-order valence-electron chi connectivity index (χ3n) is 18.2. The lowest BCUT2D eigenvalue weighted by Crippen LogP contribution is -2.38. The van der Waals surface area contributed by atoms with Crippen molar-refractivity contribution in [2.75, 3.05) is 5.32 Å². The van der Waals surface area contributed by atoms with E-state index in [0.29, 0.717) is 0 Å². The fourth-order valence-corrected chi connectivity index (χ4v) is 15.2. The summed E-state index contributed by atoms with van der Waals surface area (Å²) in [6.45, 7) is 21.8. The number of hydrogen-bond acceptors (Lipinski definition) is 3. The highest BCUT2D eigenvalue weighted by molar-refractivity contribution is 7.25. The Balaban J connectivity index is 1.12. The van der Waals surface area contributed by atoms with Crippen LogP contribution in [0.5, 0.6) is 0 Å². The van der Waals surface area contributed by atoms with Crippen molar-refractivity contribution in [2.24, 2.45) is 0 Å². The van der Waals surface area contributed by atoms with Gasteiger partial charge in [-0.1, -0.05) is 183 Å². The summed E-state index contributed by atoms with van der Waals surface area (Å²) in [5.74, 6) is 0.905. The van der Waals surface area contributed by atoms with E-state index in [1.54, 1.807) is 0 Å². The van der Waals surface area contributed by atoms with E-state index in [4.69, 9.17) is 4.42 Å². The minimum absolute atomic E-state index is 0.0156. The van der Waals surface area contributed by atoms with Gasteiger partial charge in [0.05, 0.1) is 5.52 Å². The summed E-state index contributed by atoms with van der Waals surface area (Å²) in [7, 11) is 0.744. The zero-order valence-corrected chi connectivity index (χ0v) is 45.9. The summed E-state index contributed by atoms with van der Waals surface area (Å²) in [4.78, 5) is 0. The van der Waals surface area contributed by atoms with Crippen molar-refractivity contribution in [1.82, 2.24) is 4.57 Å². The maximum Gasteiger partial charge on any atom is 0.198 e. The molecular weight excluding hydrogens is 940 g/mol. The number of benzene rings is 9. The monoisotopic (exact) mass is 1000 g/mol. The third-order valence-corrected chi connectivity index (χ3v) is 19.3. The van der Waals surface area contributed by atoms with Crippen molar-refractivity contribution < 1.29 is 4.42 Å². The number of furan rings is 1. The van der Waals surface area contributed by atoms with Crippen LogP contribution in [0.15, 0.2) is 174 Å². The summed E-state index contributed by atoms with van der Waals surface area (Å²) in [5.41, 5.74) is 25.1. The second-order valence-electron chi connectivity index (χ2n) is 25.2. The zero-order chi connectivity index (χ0) is 51.8. The van der Waals surface area contributed by atoms with Crippen molar-refractivity contribution in [3.05, 3.63) is 198 Å². The van der Waals surface area contributed by atoms with Crippen LogP contribution in [0.3, 0.4) is 0 Å². The first-order chi connectivity index (χ1) is 36.5. The Morgan fingerprint density at radius 1 is 0.566 bits per heavy atom. The molecule has 0 saturated carbocycles. The number of rotatable bonds is 5. The van der Waals surface area contributed by atoms with Gasteiger partial charge in [0.15, 0.2) is 7.28 Å². The van der Waals surface area contributed by atoms with E-state index in [-0.39, 0.29) is 21.7 Å². The predicted octanol–water partition coefficient (Wildman–Crippen LogP) is 18.3. The Morgan fingerprint density at radius 2 is 1.24 bits per heavy atom. The molecule has 0 spiro atoms. The lowest BCUT2D eigenvalue weighted by atomic mass is 9.57. The Hall–Kier alpha value is -7.60. The molecule has 15 rings (SSSR count). The number of nitrogens with zero attached hydrogens (tertiary/aromatic N) is 1. The number of nitrogens with one attached hydrogen (secondary N) is 1. The smallest absolute Gasteiger partial charge is 0.198 e. The summed E-state index contributed by atoms with van der Waals surface area (Å²) >= 11 is 1.89. The molecular formula is C71H61BN2OS. The molecule has 5 heteroatoms. The van der Waals surface area contributed by atoms with Crippen molar-refractivity contribution >= 4 is 93.9 Å². The van der Waals surface area contributed by atoms with E-state index in [9.17, 15) is 0 Å². The Morgan fingerprint density at radius 3 is 1.97 bits per heavy atom. The van der Waals surface area contributed by atoms with Crippen LogP contribution >= 0.6 is 11.3 Å². The molecule has 4 heterocycles. The Bertz CT molecular complexity index is 4440. The van der Waals surface area contributed by atoms with E-state index >= 15 is 0 Å². The minimum atomic E-state index is -0.326. The number of fused-ring (bicyclic) bond motifs is 14. The second kappa shape index (κ2) is 15.7. The van der Waals surface area contributed by atoms with E-state index < -0.39 is 0 Å². The van der Waals surface area contributed by atoms with Crippen molar-refractivity contribution in [3.63, 3.8) is 0 Å². The van der Waals surface area contributed by atoms with E-state index in [2.05, 4.69) is 242 Å². The lowest BCUT2D eigenvalue weighted by Gasteiger charge is -2.42. The van der Waals surface area contributed by atoms with Crippen LogP contribution in [-0.2, 0) is 21.7 Å². The number of anilines is 2. The van der Waals surface area contributed by atoms with Gasteiger partial charge in [0.25, 0.3) is 0 Å². The molecule has 76 heavy (non-hydrogen) atoms. The summed E-state index contributed by atoms with van der Waals surface area (Å²) in [6.07, 6.45) is 2.30. The topological polar surface area (TPSA) is 30.1 Å². The molecule has 0 unspecified atom stereocenters. The van der Waals surface area contributed by atoms with E-state index in [1.165, 1.54) is 109 Å². The van der Waals surface area contributed by atoms with Crippen LogP contribution in [0.4, 0.5) is 11.4 Å². The first-order valence-corrected chi connectivity index (χ1v) is 28.2. The highest BCUT2D eigenvalue weighted by atomic mass is 32.1. The summed E-state index contributed by atoms with van der Waals surface area (Å²) < 4.78 is 12.5. The molecule has 3 aliphatic rings. The molecule has 1 aliphatic heterocycles. The zero-order valence-electron chi connectivity index (χ0n) is 45.1. The molecule has 370 valence electrons. The van der Waals surface area contributed by atoms with Crippen LogP contribution in [0.1, 0.15) is 103 Å². The number of thiophene rings is 1. The minimum Gasteiger partial charge on any atom is -0.455 e. The van der Waals surface area contributed by atoms with Crippen LogP contribution in [0.25, 0.3) is 103 Å². The van der Waals surface area contributed by atoms with Crippen LogP contribution in [0, 0.1) is 0 Å². The molecule has 0 radical (unpaired) electrons. The van der Waals surface area contributed by atoms with Crippen molar-refractivity contribution in [3.8, 4) is 50.4 Å². The maximum atomic E-state index is 7.20. The van der Waals surface area contributed by atoms with Crippen molar-refractivity contribution in [2.45, 2.75) is 96.8 Å². The lowest BCUT2D eigenvalue weighted by molar-refractivity contribution is 0.332. The fraction of sp³-hybridized carbons (Fsp3) is 0.211. The first kappa shape index (κ1) is 45.8. The van der Waals surface area contributed by atoms with Gasteiger partial charge in [-0.25, -0.2) is 0 Å². The fourth-order valence-electron chi connectivity index (χ4n) is 14.1. The molecule has 3 nitrogen and oxygen atoms in total. The van der Waals surface area contributed by atoms with Gasteiger partial charge < -0.3 is 14.3 Å². The molecule has 3 aromatic heterocycles. The first-order valence-electron chi connectivity index (χ1n) is 27.4. The maximum absolute atomic E-state index is 7.20. The quantitative estimate of drug-likeness (QED) is 0.174. The van der Waals surface area contributed by atoms with Gasteiger partial charge in [-0.3, -0.25) is 0 Å². The molecule has 0 fully saturated rings. The molecule has 0 saturated heterocycles. The Kier molecular flexibility index (Phi) is 9.48. The highest BCUT2D eigenvalue weighted by Crippen LogP contribution is 2.59. The van der Waals surface area contributed by atoms with Gasteiger partial charge >= 0.3 is 0 Å². The second-order valence-corrected chi connectivity index (χ2v) is 26.2. The Labute approximate surface area is 450 Å². The average Bonchev–Trinajstić information content (AvgIpc) is 4.34. The van der Waals surface area contributed by atoms with Gasteiger partial charge in [0.1, 0.15) is 11.3 Å². The molecule has 1 N–H and O–H groups in total. The SMILES string of the molecule is CC(C)(C)c1ccc(Nc2cc3sc4ccccc4c3cc2-c2c3c(c4c5cc6c(cc5n5c4c2Bc2cc4oc(-c7ccccc7)c(-c7ccccc7)c4cc2-5)C(C)(C)CCC6(C)C)-c2ccccc2C3(C)C)cc1. The van der Waals surface area contributed by atoms with Crippen LogP contribution in [-0.4, -0.2) is 11.8 Å². The molecule has 12 aromatic rings. The van der Waals surface area contributed by atoms with Crippen LogP contribution in [0.2, 0.25) is 0 Å². The van der Waals surface area contributed by atoms with Gasteiger partial charge in [-0.15, -0.1) is 11.3 Å². The molecule has 0 atom stereocenters. The van der Waals surface area contributed by atoms with Gasteiger partial charge in [-0.05, 0) is 139 Å². The van der Waals surface area contributed by atoms with Crippen molar-refractivity contribution in [1.29, 1.82) is 0 Å².